The topological polar surface area (TPSA) is 65.3 Å². The summed E-state index contributed by atoms with van der Waals surface area (Å²) >= 11 is 0. The first kappa shape index (κ1) is 14.1. The molecule has 0 saturated heterocycles. The predicted molar refractivity (Wildman–Crippen MR) is 76.3 cm³/mol. The number of nitrogens with zero attached hydrogens (tertiary/aromatic N) is 2. The Bertz CT molecular complexity index is 671. The third-order valence-electron chi connectivity index (χ3n) is 3.09. The van der Waals surface area contributed by atoms with Crippen molar-refractivity contribution < 1.29 is 9.53 Å². The summed E-state index contributed by atoms with van der Waals surface area (Å²) in [4.78, 5) is 24.0. The standard InChI is InChI=1S/C14H17N3O3/c1-10-13(15-12(18)9-20-3)14(19)17(16(10)2)11-7-5-4-6-8-11/h4-8H,9H2,1-3H3,(H,15,18). The van der Waals surface area contributed by atoms with E-state index >= 15 is 0 Å². The monoisotopic (exact) mass is 275 g/mol. The maximum atomic E-state index is 12.4. The van der Waals surface area contributed by atoms with Gasteiger partial charge >= 0.3 is 0 Å². The lowest BCUT2D eigenvalue weighted by molar-refractivity contribution is -0.119. The number of hydrogen-bond acceptors (Lipinski definition) is 3. The highest BCUT2D eigenvalue weighted by Crippen LogP contribution is 2.13. The zero-order valence-corrected chi connectivity index (χ0v) is 11.7. The van der Waals surface area contributed by atoms with Crippen molar-refractivity contribution in [1.29, 1.82) is 0 Å². The molecule has 6 nitrogen and oxygen atoms in total. The number of benzene rings is 1. The average molecular weight is 275 g/mol. The number of carbonyl (C=O) groups excluding carboxylic acids is 1. The molecule has 0 aliphatic rings. The lowest BCUT2D eigenvalue weighted by Crippen LogP contribution is -2.24. The van der Waals surface area contributed by atoms with E-state index in [2.05, 4.69) is 5.32 Å². The summed E-state index contributed by atoms with van der Waals surface area (Å²) in [5.74, 6) is -0.349. The van der Waals surface area contributed by atoms with Gasteiger partial charge in [0, 0.05) is 14.2 Å². The zero-order chi connectivity index (χ0) is 14.7. The highest BCUT2D eigenvalue weighted by atomic mass is 16.5. The van der Waals surface area contributed by atoms with Crippen molar-refractivity contribution in [3.05, 3.63) is 46.4 Å². The van der Waals surface area contributed by atoms with E-state index in [9.17, 15) is 9.59 Å². The Hall–Kier alpha value is -2.34. The van der Waals surface area contributed by atoms with Gasteiger partial charge < -0.3 is 10.1 Å². The van der Waals surface area contributed by atoms with Crippen molar-refractivity contribution in [2.45, 2.75) is 6.92 Å². The molecule has 1 heterocycles. The van der Waals surface area contributed by atoms with Crippen LogP contribution in [0.15, 0.2) is 35.1 Å². The smallest absolute Gasteiger partial charge is 0.295 e. The molecule has 1 N–H and O–H groups in total. The molecule has 0 radical (unpaired) electrons. The van der Waals surface area contributed by atoms with Gasteiger partial charge in [0.25, 0.3) is 11.5 Å². The van der Waals surface area contributed by atoms with Crippen LogP contribution in [0.4, 0.5) is 5.69 Å². The third-order valence-corrected chi connectivity index (χ3v) is 3.09. The number of anilines is 1. The van der Waals surface area contributed by atoms with E-state index in [4.69, 9.17) is 4.74 Å². The maximum absolute atomic E-state index is 12.4. The van der Waals surface area contributed by atoms with Crippen LogP contribution >= 0.6 is 0 Å². The number of methoxy groups -OCH3 is 1. The molecule has 0 aliphatic heterocycles. The second kappa shape index (κ2) is 5.75. The zero-order valence-electron chi connectivity index (χ0n) is 11.7. The number of amides is 1. The highest BCUT2D eigenvalue weighted by molar-refractivity contribution is 5.92. The molecule has 0 unspecified atom stereocenters. The molecule has 6 heteroatoms. The minimum atomic E-state index is -0.349. The fourth-order valence-corrected chi connectivity index (χ4v) is 2.02. The van der Waals surface area contributed by atoms with Gasteiger partial charge in [-0.15, -0.1) is 0 Å². The number of carbonyl (C=O) groups is 1. The van der Waals surface area contributed by atoms with Crippen LogP contribution in [-0.4, -0.2) is 29.0 Å². The predicted octanol–water partition coefficient (Wildman–Crippen LogP) is 1.07. The van der Waals surface area contributed by atoms with Gasteiger partial charge in [0.05, 0.1) is 11.4 Å². The Morgan fingerprint density at radius 3 is 2.55 bits per heavy atom. The molecule has 0 bridgehead atoms. The van der Waals surface area contributed by atoms with E-state index in [-0.39, 0.29) is 23.8 Å². The summed E-state index contributed by atoms with van der Waals surface area (Å²) in [5.41, 5.74) is 1.44. The van der Waals surface area contributed by atoms with E-state index < -0.39 is 0 Å². The largest absolute Gasteiger partial charge is 0.375 e. The normalized spacial score (nSPS) is 10.6. The van der Waals surface area contributed by atoms with Crippen molar-refractivity contribution in [1.82, 2.24) is 9.36 Å². The molecular formula is C14H17N3O3. The van der Waals surface area contributed by atoms with Gasteiger partial charge in [-0.2, -0.15) is 0 Å². The Balaban J connectivity index is 2.47. The second-order valence-corrected chi connectivity index (χ2v) is 4.42. The quantitative estimate of drug-likeness (QED) is 0.907. The van der Waals surface area contributed by atoms with Crippen LogP contribution in [0, 0.1) is 6.92 Å². The van der Waals surface area contributed by atoms with Crippen LogP contribution in [0.2, 0.25) is 0 Å². The van der Waals surface area contributed by atoms with Crippen molar-refractivity contribution in [2.24, 2.45) is 7.05 Å². The molecule has 0 spiro atoms. The molecule has 2 rings (SSSR count). The summed E-state index contributed by atoms with van der Waals surface area (Å²) < 4.78 is 7.97. The van der Waals surface area contributed by atoms with Crippen molar-refractivity contribution in [2.75, 3.05) is 19.0 Å². The van der Waals surface area contributed by atoms with Gasteiger partial charge in [-0.05, 0) is 19.1 Å². The van der Waals surface area contributed by atoms with E-state index in [1.54, 1.807) is 18.7 Å². The van der Waals surface area contributed by atoms with E-state index in [1.165, 1.54) is 11.8 Å². The number of ether oxygens (including phenoxy) is 1. The molecule has 0 fully saturated rings. The van der Waals surface area contributed by atoms with Crippen molar-refractivity contribution >= 4 is 11.6 Å². The molecule has 0 aliphatic carbocycles. The lowest BCUT2D eigenvalue weighted by atomic mass is 10.3. The number of para-hydroxylation sites is 1. The fourth-order valence-electron chi connectivity index (χ4n) is 2.02. The maximum Gasteiger partial charge on any atom is 0.295 e. The molecule has 0 saturated carbocycles. The van der Waals surface area contributed by atoms with Crippen LogP contribution in [-0.2, 0) is 16.6 Å². The van der Waals surface area contributed by atoms with Gasteiger partial charge in [-0.3, -0.25) is 14.3 Å². The van der Waals surface area contributed by atoms with Crippen LogP contribution in [0.1, 0.15) is 5.69 Å². The number of hydrogen-bond donors (Lipinski definition) is 1. The van der Waals surface area contributed by atoms with Crippen molar-refractivity contribution in [3.63, 3.8) is 0 Å². The Morgan fingerprint density at radius 1 is 1.30 bits per heavy atom. The third kappa shape index (κ3) is 2.50. The number of aromatic nitrogens is 2. The van der Waals surface area contributed by atoms with Gasteiger partial charge in [0.15, 0.2) is 0 Å². The molecule has 1 amide bonds. The molecule has 1 aromatic carbocycles. The van der Waals surface area contributed by atoms with Crippen molar-refractivity contribution in [3.8, 4) is 5.69 Å². The average Bonchev–Trinajstić information content (AvgIpc) is 2.64. The lowest BCUT2D eigenvalue weighted by Gasteiger charge is -2.07. The molecule has 1 aromatic heterocycles. The van der Waals surface area contributed by atoms with E-state index in [0.717, 1.165) is 5.69 Å². The summed E-state index contributed by atoms with van der Waals surface area (Å²) in [7, 11) is 3.20. The first-order valence-corrected chi connectivity index (χ1v) is 6.19. The SMILES string of the molecule is COCC(=O)Nc1c(C)n(C)n(-c2ccccc2)c1=O. The Kier molecular flexibility index (Phi) is 4.05. The van der Waals surface area contributed by atoms with E-state index in [1.807, 2.05) is 30.3 Å². The Labute approximate surface area is 116 Å². The first-order chi connectivity index (χ1) is 9.56. The minimum absolute atomic E-state index is 0.0842. The second-order valence-electron chi connectivity index (χ2n) is 4.42. The Morgan fingerprint density at radius 2 is 1.95 bits per heavy atom. The van der Waals surface area contributed by atoms with Gasteiger partial charge in [-0.25, -0.2) is 4.68 Å². The summed E-state index contributed by atoms with van der Waals surface area (Å²) in [5, 5.41) is 2.59. The molecule has 0 atom stereocenters. The summed E-state index contributed by atoms with van der Waals surface area (Å²) in [6.07, 6.45) is 0. The van der Waals surface area contributed by atoms with E-state index in [0.29, 0.717) is 5.69 Å². The minimum Gasteiger partial charge on any atom is -0.375 e. The number of nitrogens with one attached hydrogen (secondary N) is 1. The van der Waals surface area contributed by atoms with Gasteiger partial charge in [0.2, 0.25) is 0 Å². The van der Waals surface area contributed by atoms with Crippen LogP contribution in [0.5, 0.6) is 0 Å². The van der Waals surface area contributed by atoms with Crippen LogP contribution in [0.3, 0.4) is 0 Å². The molecule has 2 aromatic rings. The van der Waals surface area contributed by atoms with Gasteiger partial charge in [-0.1, -0.05) is 18.2 Å². The number of rotatable bonds is 4. The fraction of sp³-hybridized carbons (Fsp3) is 0.286. The van der Waals surface area contributed by atoms with Crippen LogP contribution < -0.4 is 10.9 Å². The molecule has 20 heavy (non-hydrogen) atoms. The highest BCUT2D eigenvalue weighted by Gasteiger charge is 2.17. The molecule has 106 valence electrons. The first-order valence-electron chi connectivity index (χ1n) is 6.19. The molecular weight excluding hydrogens is 258 g/mol. The summed E-state index contributed by atoms with van der Waals surface area (Å²) in [6, 6.07) is 9.26. The summed E-state index contributed by atoms with van der Waals surface area (Å²) in [6.45, 7) is 1.70. The van der Waals surface area contributed by atoms with Gasteiger partial charge in [0.1, 0.15) is 12.3 Å². The van der Waals surface area contributed by atoms with Crippen LogP contribution in [0.25, 0.3) is 5.69 Å².